The average Bonchev–Trinajstić information content (AvgIpc) is 3.02. The quantitative estimate of drug-likeness (QED) is 0.276. The number of benzene rings is 2. The van der Waals surface area contributed by atoms with Crippen LogP contribution in [-0.2, 0) is 11.2 Å². The Labute approximate surface area is 233 Å². The largest absolute Gasteiger partial charge is 0.383 e. The summed E-state index contributed by atoms with van der Waals surface area (Å²) >= 11 is 0. The van der Waals surface area contributed by atoms with Crippen LogP contribution in [0.4, 0.5) is 0 Å². The van der Waals surface area contributed by atoms with E-state index in [4.69, 9.17) is 0 Å². The van der Waals surface area contributed by atoms with Gasteiger partial charge in [-0.25, -0.2) is 0 Å². The molecule has 1 aliphatic rings. The third-order valence-electron chi connectivity index (χ3n) is 7.93. The van der Waals surface area contributed by atoms with Crippen LogP contribution in [0.5, 0.6) is 0 Å². The monoisotopic (exact) mass is 527 g/mol. The van der Waals surface area contributed by atoms with Gasteiger partial charge >= 0.3 is 0 Å². The van der Waals surface area contributed by atoms with Gasteiger partial charge in [0.1, 0.15) is 16.9 Å². The number of aromatic nitrogens is 3. The Hall–Kier alpha value is -4.52. The molecular weight excluding hydrogens is 498 g/mol. The molecule has 1 saturated carbocycles. The van der Waals surface area contributed by atoms with Gasteiger partial charge in [0.2, 0.25) is 0 Å². The van der Waals surface area contributed by atoms with E-state index in [9.17, 15) is 15.0 Å². The van der Waals surface area contributed by atoms with Crippen LogP contribution >= 0.6 is 0 Å². The Morgan fingerprint density at radius 2 is 1.23 bits per heavy atom. The van der Waals surface area contributed by atoms with Crippen molar-refractivity contribution < 1.29 is 15.0 Å². The lowest BCUT2D eigenvalue weighted by atomic mass is 9.58. The number of nitrogens with zero attached hydrogens (tertiary/aromatic N) is 3. The summed E-state index contributed by atoms with van der Waals surface area (Å²) in [5, 5.41) is 24.8. The standard InChI is InChI=1S/C34H29N3O3/c38-32(28-12-4-7-19-35-28)31-27(26-17-15-25(16-18-26)24-10-2-1-3-11-24)22-33(39,29-13-5-8-20-36-29)23-34(31,40)30-14-6-9-21-37-30/h1-21,27,31,39-40H,22-23H2/t27-,31+,33+,34-/m1/s1. The molecule has 0 saturated heterocycles. The van der Waals surface area contributed by atoms with Gasteiger partial charge < -0.3 is 10.2 Å². The first kappa shape index (κ1) is 25.7. The number of rotatable bonds is 6. The van der Waals surface area contributed by atoms with Crippen molar-refractivity contribution in [3.63, 3.8) is 0 Å². The fraction of sp³-hybridized carbons (Fsp3) is 0.176. The highest BCUT2D eigenvalue weighted by molar-refractivity contribution is 5.97. The van der Waals surface area contributed by atoms with Crippen LogP contribution in [0.15, 0.2) is 128 Å². The highest BCUT2D eigenvalue weighted by Gasteiger charge is 2.59. The predicted molar refractivity (Wildman–Crippen MR) is 152 cm³/mol. The van der Waals surface area contributed by atoms with Crippen molar-refractivity contribution in [3.8, 4) is 11.1 Å². The molecule has 2 aromatic carbocycles. The van der Waals surface area contributed by atoms with Gasteiger partial charge in [0.25, 0.3) is 0 Å². The maximum Gasteiger partial charge on any atom is 0.188 e. The summed E-state index contributed by atoms with van der Waals surface area (Å²) in [6, 6.07) is 33.8. The van der Waals surface area contributed by atoms with E-state index >= 15 is 0 Å². The zero-order chi connectivity index (χ0) is 27.6. The summed E-state index contributed by atoms with van der Waals surface area (Å²) in [4.78, 5) is 27.5. The molecule has 40 heavy (non-hydrogen) atoms. The zero-order valence-corrected chi connectivity index (χ0v) is 21.8. The third kappa shape index (κ3) is 4.72. The van der Waals surface area contributed by atoms with Crippen molar-refractivity contribution in [1.82, 2.24) is 15.0 Å². The van der Waals surface area contributed by atoms with Crippen molar-refractivity contribution in [2.24, 2.45) is 5.92 Å². The Balaban J connectivity index is 1.53. The molecule has 0 radical (unpaired) electrons. The summed E-state index contributed by atoms with van der Waals surface area (Å²) in [7, 11) is 0. The molecule has 198 valence electrons. The first-order valence-corrected chi connectivity index (χ1v) is 13.4. The Morgan fingerprint density at radius 1 is 0.650 bits per heavy atom. The SMILES string of the molecule is O=C(c1ccccn1)[C@@H]1[C@@H](c2ccc(-c3ccccc3)cc2)C[C@@](O)(c2ccccn2)C[C@@]1(O)c1ccccn1. The minimum absolute atomic E-state index is 0.143. The molecule has 0 unspecified atom stereocenters. The van der Waals surface area contributed by atoms with Crippen molar-refractivity contribution in [2.75, 3.05) is 0 Å². The van der Waals surface area contributed by atoms with Gasteiger partial charge in [0.05, 0.1) is 17.3 Å². The molecule has 3 aromatic heterocycles. The maximum absolute atomic E-state index is 14.3. The van der Waals surface area contributed by atoms with Crippen LogP contribution in [0, 0.1) is 5.92 Å². The summed E-state index contributed by atoms with van der Waals surface area (Å²) in [5.74, 6) is -1.81. The Bertz CT molecular complexity index is 1580. The van der Waals surface area contributed by atoms with Crippen LogP contribution in [-0.4, -0.2) is 30.9 Å². The number of carbonyl (C=O) groups excluding carboxylic acids is 1. The van der Waals surface area contributed by atoms with Gasteiger partial charge in [-0.2, -0.15) is 0 Å². The molecule has 0 bridgehead atoms. The highest BCUT2D eigenvalue weighted by atomic mass is 16.3. The predicted octanol–water partition coefficient (Wildman–Crippen LogP) is 5.69. The molecule has 4 atom stereocenters. The van der Waals surface area contributed by atoms with Crippen LogP contribution in [0.1, 0.15) is 46.2 Å². The first-order chi connectivity index (χ1) is 19.5. The fourth-order valence-corrected chi connectivity index (χ4v) is 6.08. The van der Waals surface area contributed by atoms with Crippen molar-refractivity contribution in [1.29, 1.82) is 0 Å². The number of hydrogen-bond donors (Lipinski definition) is 2. The second-order valence-electron chi connectivity index (χ2n) is 10.4. The number of pyridine rings is 3. The first-order valence-electron chi connectivity index (χ1n) is 13.4. The molecule has 5 aromatic rings. The number of carbonyl (C=O) groups is 1. The molecule has 1 aliphatic carbocycles. The van der Waals surface area contributed by atoms with E-state index in [0.717, 1.165) is 16.7 Å². The van der Waals surface area contributed by atoms with E-state index in [0.29, 0.717) is 11.4 Å². The molecule has 3 heterocycles. The average molecular weight is 528 g/mol. The van der Waals surface area contributed by atoms with E-state index in [1.165, 1.54) is 0 Å². The highest BCUT2D eigenvalue weighted by Crippen LogP contribution is 2.55. The lowest BCUT2D eigenvalue weighted by Gasteiger charge is -2.50. The zero-order valence-electron chi connectivity index (χ0n) is 21.8. The van der Waals surface area contributed by atoms with Crippen molar-refractivity contribution >= 4 is 5.78 Å². The number of ketones is 1. The number of aliphatic hydroxyl groups is 2. The molecule has 6 nitrogen and oxygen atoms in total. The second-order valence-corrected chi connectivity index (χ2v) is 10.4. The minimum Gasteiger partial charge on any atom is -0.383 e. The van der Waals surface area contributed by atoms with Crippen molar-refractivity contribution in [2.45, 2.75) is 30.0 Å². The Morgan fingerprint density at radius 3 is 1.82 bits per heavy atom. The van der Waals surface area contributed by atoms with Gasteiger partial charge in [-0.15, -0.1) is 0 Å². The van der Waals surface area contributed by atoms with Gasteiger partial charge in [-0.05, 0) is 59.5 Å². The smallest absolute Gasteiger partial charge is 0.188 e. The summed E-state index contributed by atoms with van der Waals surface area (Å²) in [6.45, 7) is 0. The van der Waals surface area contributed by atoms with E-state index in [1.807, 2.05) is 60.7 Å². The molecular formula is C34H29N3O3. The van der Waals surface area contributed by atoms with Gasteiger partial charge in [0, 0.05) is 30.9 Å². The number of hydrogen-bond acceptors (Lipinski definition) is 6. The third-order valence-corrected chi connectivity index (χ3v) is 7.93. The van der Waals surface area contributed by atoms with Gasteiger partial charge in [-0.3, -0.25) is 19.7 Å². The van der Waals surface area contributed by atoms with Crippen LogP contribution < -0.4 is 0 Å². The molecule has 0 amide bonds. The maximum atomic E-state index is 14.3. The van der Waals surface area contributed by atoms with Crippen LogP contribution in [0.3, 0.4) is 0 Å². The molecule has 2 N–H and O–H groups in total. The van der Waals surface area contributed by atoms with Crippen LogP contribution in [0.25, 0.3) is 11.1 Å². The minimum atomic E-state index is -1.80. The van der Waals surface area contributed by atoms with Gasteiger partial charge in [0.15, 0.2) is 5.78 Å². The Kier molecular flexibility index (Phi) is 6.80. The van der Waals surface area contributed by atoms with E-state index in [-0.39, 0.29) is 24.3 Å². The van der Waals surface area contributed by atoms with Gasteiger partial charge in [-0.1, -0.05) is 72.8 Å². The molecule has 0 aliphatic heterocycles. The van der Waals surface area contributed by atoms with E-state index in [2.05, 4.69) is 15.0 Å². The topological polar surface area (TPSA) is 96.2 Å². The lowest BCUT2D eigenvalue weighted by Crippen LogP contribution is -2.54. The summed E-state index contributed by atoms with van der Waals surface area (Å²) < 4.78 is 0. The van der Waals surface area contributed by atoms with Crippen LogP contribution in [0.2, 0.25) is 0 Å². The normalized spacial score (nSPS) is 24.4. The second kappa shape index (κ2) is 10.6. The van der Waals surface area contributed by atoms with E-state index in [1.54, 1.807) is 67.1 Å². The molecule has 6 heteroatoms. The fourth-order valence-electron chi connectivity index (χ4n) is 6.08. The molecule has 0 spiro atoms. The van der Waals surface area contributed by atoms with E-state index < -0.39 is 23.0 Å². The molecule has 1 fully saturated rings. The van der Waals surface area contributed by atoms with Crippen molar-refractivity contribution in [3.05, 3.63) is 150 Å². The summed E-state index contributed by atoms with van der Waals surface area (Å²) in [5.41, 5.74) is 0.651. The number of Topliss-reactive ketones (excluding diaryl/α,β-unsaturated/α-hetero) is 1. The lowest BCUT2D eigenvalue weighted by molar-refractivity contribution is -0.143. The summed E-state index contributed by atoms with van der Waals surface area (Å²) in [6.07, 6.45) is 4.84. The molecule has 6 rings (SSSR count).